The number of esters is 1. The van der Waals surface area contributed by atoms with Crippen molar-refractivity contribution in [3.05, 3.63) is 91.6 Å². The molecule has 1 N–H and O–H groups in total. The van der Waals surface area contributed by atoms with Crippen molar-refractivity contribution in [3.8, 4) is 5.75 Å². The summed E-state index contributed by atoms with van der Waals surface area (Å²) in [5.74, 6) is -0.569. The number of rotatable bonds is 5. The molecule has 28 heavy (non-hydrogen) atoms. The Morgan fingerprint density at radius 1 is 1.11 bits per heavy atom. The van der Waals surface area contributed by atoms with Crippen LogP contribution in [0.1, 0.15) is 26.3 Å². The van der Waals surface area contributed by atoms with Crippen LogP contribution in [0, 0.1) is 0 Å². The topological polar surface area (TPSA) is 68.3 Å². The lowest BCUT2D eigenvalue weighted by Gasteiger charge is -2.14. The minimum absolute atomic E-state index is 0.150. The van der Waals surface area contributed by atoms with Crippen LogP contribution in [0.15, 0.2) is 69.9 Å². The van der Waals surface area contributed by atoms with Gasteiger partial charge < -0.3 is 10.1 Å². The molecule has 0 bridgehead atoms. The predicted molar refractivity (Wildman–Crippen MR) is 114 cm³/mol. The van der Waals surface area contributed by atoms with Crippen molar-refractivity contribution >= 4 is 55.3 Å². The van der Waals surface area contributed by atoms with Gasteiger partial charge in [0.15, 0.2) is 0 Å². The summed E-state index contributed by atoms with van der Waals surface area (Å²) in [6, 6.07) is 13.5. The fourth-order valence-electron chi connectivity index (χ4n) is 2.41. The maximum absolute atomic E-state index is 12.5. The maximum atomic E-state index is 12.5. The first-order valence-electron chi connectivity index (χ1n) is 8.08. The van der Waals surface area contributed by atoms with Crippen LogP contribution >= 0.6 is 43.5 Å². The van der Waals surface area contributed by atoms with Gasteiger partial charge in [0.25, 0.3) is 5.91 Å². The zero-order valence-corrected chi connectivity index (χ0v) is 18.2. The molecule has 1 aromatic heterocycles. The van der Waals surface area contributed by atoms with Crippen LogP contribution < -0.4 is 10.1 Å². The van der Waals surface area contributed by atoms with E-state index in [1.54, 1.807) is 54.7 Å². The van der Waals surface area contributed by atoms with E-state index < -0.39 is 5.97 Å². The molecule has 0 atom stereocenters. The number of carbonyl (C=O) groups is 2. The van der Waals surface area contributed by atoms with Crippen molar-refractivity contribution in [2.45, 2.75) is 6.54 Å². The van der Waals surface area contributed by atoms with Gasteiger partial charge in [0, 0.05) is 29.0 Å². The Balaban J connectivity index is 1.83. The molecule has 0 saturated heterocycles. The fraction of sp³-hybridized carbons (Fsp3) is 0.0500. The van der Waals surface area contributed by atoms with E-state index >= 15 is 0 Å². The number of benzene rings is 2. The van der Waals surface area contributed by atoms with Crippen molar-refractivity contribution in [1.82, 2.24) is 10.3 Å². The summed E-state index contributed by atoms with van der Waals surface area (Å²) < 4.78 is 6.91. The Morgan fingerprint density at radius 3 is 2.61 bits per heavy atom. The number of amides is 1. The van der Waals surface area contributed by atoms with Crippen molar-refractivity contribution < 1.29 is 14.3 Å². The quantitative estimate of drug-likeness (QED) is 0.358. The largest absolute Gasteiger partial charge is 0.421 e. The Morgan fingerprint density at radius 2 is 1.89 bits per heavy atom. The van der Waals surface area contributed by atoms with Crippen molar-refractivity contribution in [1.29, 1.82) is 0 Å². The lowest BCUT2D eigenvalue weighted by Crippen LogP contribution is -2.23. The van der Waals surface area contributed by atoms with E-state index in [2.05, 4.69) is 42.2 Å². The molecule has 0 aliphatic carbocycles. The van der Waals surface area contributed by atoms with Crippen LogP contribution in [-0.2, 0) is 6.54 Å². The zero-order valence-electron chi connectivity index (χ0n) is 14.3. The average Bonchev–Trinajstić information content (AvgIpc) is 2.69. The molecule has 1 amide bonds. The summed E-state index contributed by atoms with van der Waals surface area (Å²) in [5, 5.41) is 3.09. The summed E-state index contributed by atoms with van der Waals surface area (Å²) in [6.07, 6.45) is 3.07. The van der Waals surface area contributed by atoms with Crippen LogP contribution in [0.5, 0.6) is 5.75 Å². The molecule has 3 aromatic rings. The van der Waals surface area contributed by atoms with Gasteiger partial charge in [0.1, 0.15) is 5.75 Å². The second kappa shape index (κ2) is 9.32. The van der Waals surface area contributed by atoms with Gasteiger partial charge in [-0.15, -0.1) is 0 Å². The number of ether oxygens (including phenoxy) is 1. The van der Waals surface area contributed by atoms with Crippen molar-refractivity contribution in [3.63, 3.8) is 0 Å². The van der Waals surface area contributed by atoms with Crippen LogP contribution in [-0.4, -0.2) is 16.9 Å². The molecule has 0 aliphatic rings. The highest BCUT2D eigenvalue weighted by atomic mass is 79.9. The predicted octanol–water partition coefficient (Wildman–Crippen LogP) is 5.41. The Hall–Kier alpha value is -2.22. The van der Waals surface area contributed by atoms with Gasteiger partial charge in [0.05, 0.1) is 20.6 Å². The molecular weight excluding hydrogens is 511 g/mol. The van der Waals surface area contributed by atoms with Gasteiger partial charge in [0.2, 0.25) is 0 Å². The molecule has 0 aliphatic heterocycles. The van der Waals surface area contributed by atoms with E-state index in [-0.39, 0.29) is 18.0 Å². The Labute approximate surface area is 183 Å². The highest BCUT2D eigenvalue weighted by Gasteiger charge is 2.18. The molecule has 0 saturated carbocycles. The van der Waals surface area contributed by atoms with E-state index in [0.717, 1.165) is 4.47 Å². The highest BCUT2D eigenvalue weighted by molar-refractivity contribution is 9.11. The van der Waals surface area contributed by atoms with Crippen LogP contribution in [0.4, 0.5) is 0 Å². The van der Waals surface area contributed by atoms with Gasteiger partial charge in [-0.3, -0.25) is 9.78 Å². The standard InChI is InChI=1S/C20H13Br2ClN2O3/c21-14-8-13(11-25-19(26)12-4-3-7-24-10-12)18(16(22)9-14)28-20(27)15-5-1-2-6-17(15)23/h1-10H,11H2,(H,25,26). The number of carbonyl (C=O) groups excluding carboxylic acids is 2. The molecule has 1 heterocycles. The zero-order chi connectivity index (χ0) is 20.1. The molecule has 2 aromatic carbocycles. The third-order valence-electron chi connectivity index (χ3n) is 3.74. The van der Waals surface area contributed by atoms with Gasteiger partial charge in [-0.25, -0.2) is 4.79 Å². The minimum Gasteiger partial charge on any atom is -0.421 e. The summed E-state index contributed by atoms with van der Waals surface area (Å²) in [6.45, 7) is 0.150. The number of aromatic nitrogens is 1. The molecule has 8 heteroatoms. The highest BCUT2D eigenvalue weighted by Crippen LogP contribution is 2.34. The summed E-state index contributed by atoms with van der Waals surface area (Å²) in [5.41, 5.74) is 1.30. The smallest absolute Gasteiger partial charge is 0.345 e. The van der Waals surface area contributed by atoms with Crippen LogP contribution in [0.25, 0.3) is 0 Å². The van der Waals surface area contributed by atoms with Gasteiger partial charge in [-0.2, -0.15) is 0 Å². The van der Waals surface area contributed by atoms with Crippen molar-refractivity contribution in [2.75, 3.05) is 0 Å². The van der Waals surface area contributed by atoms with E-state index in [1.165, 1.54) is 6.20 Å². The van der Waals surface area contributed by atoms with E-state index in [4.69, 9.17) is 16.3 Å². The number of hydrogen-bond donors (Lipinski definition) is 1. The SMILES string of the molecule is O=C(NCc1cc(Br)cc(Br)c1OC(=O)c1ccccc1Cl)c1cccnc1. The normalized spacial score (nSPS) is 10.4. The molecule has 0 spiro atoms. The molecule has 0 unspecified atom stereocenters. The summed E-state index contributed by atoms with van der Waals surface area (Å²) in [4.78, 5) is 28.8. The number of nitrogens with one attached hydrogen (secondary N) is 1. The second-order valence-corrected chi connectivity index (χ2v) is 7.85. The molecule has 5 nitrogen and oxygen atoms in total. The monoisotopic (exact) mass is 522 g/mol. The first-order valence-corrected chi connectivity index (χ1v) is 10.0. The average molecular weight is 525 g/mol. The van der Waals surface area contributed by atoms with E-state index in [0.29, 0.717) is 26.4 Å². The number of halogens is 3. The van der Waals surface area contributed by atoms with Gasteiger partial charge in [-0.05, 0) is 52.3 Å². The Bertz CT molecular complexity index is 1030. The molecular formula is C20H13Br2ClN2O3. The second-order valence-electron chi connectivity index (χ2n) is 5.67. The van der Waals surface area contributed by atoms with Crippen LogP contribution in [0.2, 0.25) is 5.02 Å². The van der Waals surface area contributed by atoms with Crippen molar-refractivity contribution in [2.24, 2.45) is 0 Å². The van der Waals surface area contributed by atoms with E-state index in [9.17, 15) is 9.59 Å². The lowest BCUT2D eigenvalue weighted by atomic mass is 10.2. The van der Waals surface area contributed by atoms with E-state index in [1.807, 2.05) is 0 Å². The number of hydrogen-bond acceptors (Lipinski definition) is 4. The molecule has 142 valence electrons. The summed E-state index contributed by atoms with van der Waals surface area (Å²) >= 11 is 12.9. The third kappa shape index (κ3) is 4.98. The molecule has 0 fully saturated rings. The minimum atomic E-state index is -0.589. The first kappa shape index (κ1) is 20.5. The summed E-state index contributed by atoms with van der Waals surface area (Å²) in [7, 11) is 0. The van der Waals surface area contributed by atoms with Crippen LogP contribution in [0.3, 0.4) is 0 Å². The number of nitrogens with zero attached hydrogens (tertiary/aromatic N) is 1. The first-order chi connectivity index (χ1) is 13.5. The third-order valence-corrected chi connectivity index (χ3v) is 5.11. The lowest BCUT2D eigenvalue weighted by molar-refractivity contribution is 0.0732. The molecule has 3 rings (SSSR count). The van der Waals surface area contributed by atoms with Gasteiger partial charge in [-0.1, -0.05) is 39.7 Å². The van der Waals surface area contributed by atoms with Gasteiger partial charge >= 0.3 is 5.97 Å². The number of pyridine rings is 1. The fourth-order valence-corrected chi connectivity index (χ4v) is 4.02. The molecule has 0 radical (unpaired) electrons. The maximum Gasteiger partial charge on any atom is 0.345 e. The Kier molecular flexibility index (Phi) is 6.83.